The lowest BCUT2D eigenvalue weighted by atomic mass is 10.2. The topological polar surface area (TPSA) is 79.8 Å². The molecule has 0 radical (unpaired) electrons. The number of H-pyrrole nitrogens is 1. The molecule has 0 bridgehead atoms. The standard InChI is InChI=1S/C19H16N4O2/c24-16(21-13-6-2-1-3-7-13)10-11-23-12-20-17-14-8-4-5-9-15(14)22-18(17)19(23)25/h1-9,12,22H,10-11H2,(H,21,24). The Morgan fingerprint density at radius 2 is 1.84 bits per heavy atom. The molecule has 25 heavy (non-hydrogen) atoms. The number of aromatic amines is 1. The highest BCUT2D eigenvalue weighted by Gasteiger charge is 2.11. The zero-order valence-corrected chi connectivity index (χ0v) is 13.4. The lowest BCUT2D eigenvalue weighted by molar-refractivity contribution is -0.116. The molecule has 4 aromatic rings. The first-order valence-corrected chi connectivity index (χ1v) is 8.03. The minimum absolute atomic E-state index is 0.144. The summed E-state index contributed by atoms with van der Waals surface area (Å²) in [6, 6.07) is 16.9. The summed E-state index contributed by atoms with van der Waals surface area (Å²) in [6.45, 7) is 0.274. The van der Waals surface area contributed by atoms with Crippen molar-refractivity contribution in [2.45, 2.75) is 13.0 Å². The van der Waals surface area contributed by atoms with Gasteiger partial charge in [0.2, 0.25) is 5.91 Å². The molecule has 2 aromatic heterocycles. The lowest BCUT2D eigenvalue weighted by Crippen LogP contribution is -2.23. The van der Waals surface area contributed by atoms with Gasteiger partial charge in [0.25, 0.3) is 5.56 Å². The van der Waals surface area contributed by atoms with Gasteiger partial charge in [-0.1, -0.05) is 36.4 Å². The van der Waals surface area contributed by atoms with Crippen molar-refractivity contribution in [2.24, 2.45) is 0 Å². The molecule has 0 saturated heterocycles. The Balaban J connectivity index is 1.55. The quantitative estimate of drug-likeness (QED) is 0.603. The number of carbonyl (C=O) groups is 1. The Kier molecular flexibility index (Phi) is 3.78. The number of rotatable bonds is 4. The number of benzene rings is 2. The van der Waals surface area contributed by atoms with Gasteiger partial charge in [-0.25, -0.2) is 4.98 Å². The summed E-state index contributed by atoms with van der Waals surface area (Å²) < 4.78 is 1.46. The van der Waals surface area contributed by atoms with Crippen molar-refractivity contribution < 1.29 is 4.79 Å². The minimum atomic E-state index is -0.172. The lowest BCUT2D eigenvalue weighted by Gasteiger charge is -2.06. The van der Waals surface area contributed by atoms with Gasteiger partial charge in [0, 0.05) is 29.6 Å². The maximum atomic E-state index is 12.6. The predicted octanol–water partition coefficient (Wildman–Crippen LogP) is 2.91. The summed E-state index contributed by atoms with van der Waals surface area (Å²) in [6.07, 6.45) is 1.70. The van der Waals surface area contributed by atoms with E-state index in [1.807, 2.05) is 54.6 Å². The van der Waals surface area contributed by atoms with Crippen LogP contribution in [0.4, 0.5) is 5.69 Å². The zero-order valence-electron chi connectivity index (χ0n) is 13.4. The van der Waals surface area contributed by atoms with Gasteiger partial charge in [-0.15, -0.1) is 0 Å². The van der Waals surface area contributed by atoms with Crippen molar-refractivity contribution in [3.8, 4) is 0 Å². The molecule has 6 heteroatoms. The Morgan fingerprint density at radius 3 is 2.68 bits per heavy atom. The number of anilines is 1. The first kappa shape index (κ1) is 15.1. The maximum absolute atomic E-state index is 12.6. The highest BCUT2D eigenvalue weighted by Crippen LogP contribution is 2.20. The first-order valence-electron chi connectivity index (χ1n) is 8.03. The fraction of sp³-hybridized carbons (Fsp3) is 0.105. The molecule has 124 valence electrons. The van der Waals surface area contributed by atoms with Crippen molar-refractivity contribution in [1.82, 2.24) is 14.5 Å². The van der Waals surface area contributed by atoms with Gasteiger partial charge in [0.15, 0.2) is 0 Å². The van der Waals surface area contributed by atoms with Crippen molar-refractivity contribution in [2.75, 3.05) is 5.32 Å². The fourth-order valence-corrected chi connectivity index (χ4v) is 2.87. The predicted molar refractivity (Wildman–Crippen MR) is 97.5 cm³/mol. The number of fused-ring (bicyclic) bond motifs is 3. The summed E-state index contributed by atoms with van der Waals surface area (Å²) in [7, 11) is 0. The van der Waals surface area contributed by atoms with Crippen LogP contribution in [0.5, 0.6) is 0 Å². The second-order valence-electron chi connectivity index (χ2n) is 5.80. The van der Waals surface area contributed by atoms with Gasteiger partial charge >= 0.3 is 0 Å². The van der Waals surface area contributed by atoms with Crippen LogP contribution in [0.1, 0.15) is 6.42 Å². The minimum Gasteiger partial charge on any atom is -0.349 e. The Bertz CT molecular complexity index is 1110. The number of nitrogens with zero attached hydrogens (tertiary/aromatic N) is 2. The third kappa shape index (κ3) is 2.89. The summed E-state index contributed by atoms with van der Waals surface area (Å²) in [5.41, 5.74) is 2.57. The van der Waals surface area contributed by atoms with E-state index in [4.69, 9.17) is 0 Å². The van der Waals surface area contributed by atoms with Crippen LogP contribution in [0.2, 0.25) is 0 Å². The van der Waals surface area contributed by atoms with Gasteiger partial charge in [-0.3, -0.25) is 14.2 Å². The SMILES string of the molecule is O=C(CCn1cnc2c([nH]c3ccccc32)c1=O)Nc1ccccc1. The molecule has 2 N–H and O–H groups in total. The van der Waals surface area contributed by atoms with Crippen molar-refractivity contribution in [3.63, 3.8) is 0 Å². The third-order valence-electron chi connectivity index (χ3n) is 4.12. The van der Waals surface area contributed by atoms with Gasteiger partial charge in [0.05, 0.1) is 6.33 Å². The van der Waals surface area contributed by atoms with Gasteiger partial charge in [-0.05, 0) is 18.2 Å². The first-order chi connectivity index (χ1) is 12.2. The van der Waals surface area contributed by atoms with E-state index in [1.54, 1.807) is 0 Å². The van der Waals surface area contributed by atoms with E-state index in [0.717, 1.165) is 16.6 Å². The summed E-state index contributed by atoms with van der Waals surface area (Å²) >= 11 is 0. The van der Waals surface area contributed by atoms with Crippen LogP contribution in [0.15, 0.2) is 65.7 Å². The third-order valence-corrected chi connectivity index (χ3v) is 4.12. The second kappa shape index (κ2) is 6.24. The highest BCUT2D eigenvalue weighted by atomic mass is 16.2. The van der Waals surface area contributed by atoms with E-state index < -0.39 is 0 Å². The molecule has 0 aliphatic heterocycles. The molecule has 0 saturated carbocycles. The average Bonchev–Trinajstić information content (AvgIpc) is 3.02. The molecule has 2 heterocycles. The monoisotopic (exact) mass is 332 g/mol. The molecule has 0 unspecified atom stereocenters. The molecule has 0 spiro atoms. The summed E-state index contributed by atoms with van der Waals surface area (Å²) in [5, 5.41) is 3.73. The van der Waals surface area contributed by atoms with Crippen LogP contribution in [0.3, 0.4) is 0 Å². The van der Waals surface area contributed by atoms with Crippen molar-refractivity contribution in [3.05, 3.63) is 71.3 Å². The molecule has 2 aromatic carbocycles. The Morgan fingerprint density at radius 1 is 1.08 bits per heavy atom. The van der Waals surface area contributed by atoms with Gasteiger partial charge < -0.3 is 10.3 Å². The van der Waals surface area contributed by atoms with Crippen LogP contribution in [0, 0.1) is 0 Å². The number of aryl methyl sites for hydroxylation is 1. The Hall–Kier alpha value is -3.41. The summed E-state index contributed by atoms with van der Waals surface area (Å²) in [5.74, 6) is -0.144. The second-order valence-corrected chi connectivity index (χ2v) is 5.80. The summed E-state index contributed by atoms with van der Waals surface area (Å²) in [4.78, 5) is 32.2. The molecule has 1 amide bonds. The normalized spacial score (nSPS) is 11.0. The zero-order chi connectivity index (χ0) is 17.2. The van der Waals surface area contributed by atoms with E-state index in [-0.39, 0.29) is 24.4 Å². The highest BCUT2D eigenvalue weighted by molar-refractivity contribution is 6.04. The number of amides is 1. The molecule has 0 aliphatic carbocycles. The van der Waals surface area contributed by atoms with Gasteiger partial charge in [0.1, 0.15) is 11.0 Å². The van der Waals surface area contributed by atoms with Crippen LogP contribution in [-0.2, 0) is 11.3 Å². The molecule has 0 fully saturated rings. The number of nitrogens with one attached hydrogen (secondary N) is 2. The van der Waals surface area contributed by atoms with Crippen LogP contribution in [-0.4, -0.2) is 20.4 Å². The van der Waals surface area contributed by atoms with E-state index in [9.17, 15) is 9.59 Å². The Labute approximate surface area is 143 Å². The van der Waals surface area contributed by atoms with Crippen LogP contribution < -0.4 is 10.9 Å². The molecule has 0 atom stereocenters. The molecule has 0 aliphatic rings. The number of hydrogen-bond acceptors (Lipinski definition) is 3. The average molecular weight is 332 g/mol. The number of hydrogen-bond donors (Lipinski definition) is 2. The maximum Gasteiger partial charge on any atom is 0.277 e. The van der Waals surface area contributed by atoms with Gasteiger partial charge in [-0.2, -0.15) is 0 Å². The van der Waals surface area contributed by atoms with E-state index in [1.165, 1.54) is 10.9 Å². The fourth-order valence-electron chi connectivity index (χ4n) is 2.87. The van der Waals surface area contributed by atoms with E-state index >= 15 is 0 Å². The number of carbonyl (C=O) groups excluding carboxylic acids is 1. The van der Waals surface area contributed by atoms with Crippen LogP contribution >= 0.6 is 0 Å². The molecular formula is C19H16N4O2. The molecule has 6 nitrogen and oxygen atoms in total. The number of aromatic nitrogens is 3. The van der Waals surface area contributed by atoms with E-state index in [2.05, 4.69) is 15.3 Å². The number of para-hydroxylation sites is 2. The molecular weight excluding hydrogens is 316 g/mol. The smallest absolute Gasteiger partial charge is 0.277 e. The van der Waals surface area contributed by atoms with Crippen LogP contribution in [0.25, 0.3) is 21.9 Å². The van der Waals surface area contributed by atoms with Crippen molar-refractivity contribution >= 4 is 33.5 Å². The molecule has 4 rings (SSSR count). The largest absolute Gasteiger partial charge is 0.349 e. The van der Waals surface area contributed by atoms with E-state index in [0.29, 0.717) is 11.0 Å². The van der Waals surface area contributed by atoms with Crippen molar-refractivity contribution in [1.29, 1.82) is 0 Å².